The van der Waals surface area contributed by atoms with Crippen LogP contribution >= 0.6 is 15.9 Å². The fraction of sp³-hybridized carbons (Fsp3) is 0.429. The molecule has 104 valence electrons. The van der Waals surface area contributed by atoms with Gasteiger partial charge in [0.15, 0.2) is 5.78 Å². The molecule has 19 heavy (non-hydrogen) atoms. The standard InChI is InChI=1S/C14H18BrNO3/c1-9(16-13(18)19-14(2,3)4)12(17)10-6-5-7-11(15)8-10/h5-9H,1-4H3,(H,16,18)/t9-/m0/s1. The van der Waals surface area contributed by atoms with Crippen molar-refractivity contribution in [2.24, 2.45) is 0 Å². The van der Waals surface area contributed by atoms with Crippen molar-refractivity contribution >= 4 is 27.8 Å². The van der Waals surface area contributed by atoms with Crippen LogP contribution in [-0.2, 0) is 4.74 Å². The van der Waals surface area contributed by atoms with E-state index < -0.39 is 17.7 Å². The molecule has 0 unspecified atom stereocenters. The van der Waals surface area contributed by atoms with E-state index in [0.717, 1.165) is 4.47 Å². The molecule has 1 atom stereocenters. The molecule has 0 radical (unpaired) electrons. The molecule has 0 saturated heterocycles. The summed E-state index contributed by atoms with van der Waals surface area (Å²) in [6.07, 6.45) is -0.594. The summed E-state index contributed by atoms with van der Waals surface area (Å²) < 4.78 is 5.93. The average molecular weight is 328 g/mol. The predicted octanol–water partition coefficient (Wildman–Crippen LogP) is 3.55. The Morgan fingerprint density at radius 3 is 2.47 bits per heavy atom. The topological polar surface area (TPSA) is 55.4 Å². The third-order valence-corrected chi connectivity index (χ3v) is 2.73. The lowest BCUT2D eigenvalue weighted by Crippen LogP contribution is -2.41. The van der Waals surface area contributed by atoms with E-state index in [4.69, 9.17) is 4.74 Å². The fourth-order valence-electron chi connectivity index (χ4n) is 1.44. The van der Waals surface area contributed by atoms with Crippen LogP contribution < -0.4 is 5.32 Å². The lowest BCUT2D eigenvalue weighted by Gasteiger charge is -2.21. The number of benzene rings is 1. The second-order valence-corrected chi connectivity index (χ2v) is 6.16. The molecule has 0 aliphatic carbocycles. The number of carbonyl (C=O) groups excluding carboxylic acids is 2. The Hall–Kier alpha value is -1.36. The lowest BCUT2D eigenvalue weighted by molar-refractivity contribution is 0.0497. The molecule has 0 fully saturated rings. The third kappa shape index (κ3) is 5.42. The van der Waals surface area contributed by atoms with E-state index in [0.29, 0.717) is 5.56 Å². The summed E-state index contributed by atoms with van der Waals surface area (Å²) in [6.45, 7) is 6.95. The van der Waals surface area contributed by atoms with Gasteiger partial charge in [0.1, 0.15) is 5.60 Å². The van der Waals surface area contributed by atoms with Crippen LogP contribution in [0.2, 0.25) is 0 Å². The number of Topliss-reactive ketones (excluding diaryl/α,β-unsaturated/α-hetero) is 1. The van der Waals surface area contributed by atoms with E-state index in [-0.39, 0.29) is 5.78 Å². The van der Waals surface area contributed by atoms with Crippen molar-refractivity contribution < 1.29 is 14.3 Å². The molecule has 0 aliphatic heterocycles. The molecule has 1 rings (SSSR count). The van der Waals surface area contributed by atoms with Gasteiger partial charge in [0.2, 0.25) is 0 Å². The smallest absolute Gasteiger partial charge is 0.408 e. The van der Waals surface area contributed by atoms with Gasteiger partial charge < -0.3 is 10.1 Å². The highest BCUT2D eigenvalue weighted by Gasteiger charge is 2.21. The maximum atomic E-state index is 12.1. The van der Waals surface area contributed by atoms with Gasteiger partial charge in [-0.2, -0.15) is 0 Å². The number of ketones is 1. The summed E-state index contributed by atoms with van der Waals surface area (Å²) in [5.74, 6) is -0.160. The molecule has 4 nitrogen and oxygen atoms in total. The highest BCUT2D eigenvalue weighted by Crippen LogP contribution is 2.13. The Labute approximate surface area is 121 Å². The van der Waals surface area contributed by atoms with E-state index in [1.54, 1.807) is 45.9 Å². The monoisotopic (exact) mass is 327 g/mol. The quantitative estimate of drug-likeness (QED) is 0.864. The first kappa shape index (κ1) is 15.7. The summed E-state index contributed by atoms with van der Waals surface area (Å²) in [4.78, 5) is 23.7. The molecule has 1 aromatic carbocycles. The normalized spacial score (nSPS) is 12.7. The van der Waals surface area contributed by atoms with Gasteiger partial charge in [-0.25, -0.2) is 4.79 Å². The Bertz CT molecular complexity index is 480. The van der Waals surface area contributed by atoms with Crippen LogP contribution in [0.25, 0.3) is 0 Å². The Morgan fingerprint density at radius 1 is 1.32 bits per heavy atom. The van der Waals surface area contributed by atoms with Gasteiger partial charge in [0.05, 0.1) is 6.04 Å². The molecule has 5 heteroatoms. The molecule has 1 aromatic rings. The minimum absolute atomic E-state index is 0.160. The van der Waals surface area contributed by atoms with Crippen molar-refractivity contribution in [3.8, 4) is 0 Å². The Balaban J connectivity index is 2.66. The largest absolute Gasteiger partial charge is 0.444 e. The van der Waals surface area contributed by atoms with Crippen molar-refractivity contribution in [3.63, 3.8) is 0 Å². The van der Waals surface area contributed by atoms with Gasteiger partial charge >= 0.3 is 6.09 Å². The molecule has 0 saturated carbocycles. The first-order valence-electron chi connectivity index (χ1n) is 5.98. The van der Waals surface area contributed by atoms with Gasteiger partial charge in [-0.05, 0) is 39.8 Å². The van der Waals surface area contributed by atoms with Crippen molar-refractivity contribution in [2.45, 2.75) is 39.3 Å². The summed E-state index contributed by atoms with van der Waals surface area (Å²) in [5.41, 5.74) is -0.0410. The lowest BCUT2D eigenvalue weighted by atomic mass is 10.1. The number of hydrogen-bond acceptors (Lipinski definition) is 3. The number of hydrogen-bond donors (Lipinski definition) is 1. The summed E-state index contributed by atoms with van der Waals surface area (Å²) >= 11 is 3.31. The number of rotatable bonds is 3. The molecule has 1 amide bonds. The number of nitrogens with one attached hydrogen (secondary N) is 1. The van der Waals surface area contributed by atoms with Crippen LogP contribution in [0.5, 0.6) is 0 Å². The summed E-state index contributed by atoms with van der Waals surface area (Å²) in [6, 6.07) is 6.40. The fourth-order valence-corrected chi connectivity index (χ4v) is 1.84. The van der Waals surface area contributed by atoms with E-state index in [1.807, 2.05) is 6.07 Å². The third-order valence-electron chi connectivity index (χ3n) is 2.24. The molecule has 0 heterocycles. The minimum Gasteiger partial charge on any atom is -0.444 e. The van der Waals surface area contributed by atoms with Crippen LogP contribution in [0.3, 0.4) is 0 Å². The van der Waals surface area contributed by atoms with Crippen molar-refractivity contribution in [2.75, 3.05) is 0 Å². The van der Waals surface area contributed by atoms with Crippen LogP contribution in [0.15, 0.2) is 28.7 Å². The zero-order valence-electron chi connectivity index (χ0n) is 11.5. The summed E-state index contributed by atoms with van der Waals surface area (Å²) in [7, 11) is 0. The maximum Gasteiger partial charge on any atom is 0.408 e. The zero-order valence-corrected chi connectivity index (χ0v) is 13.1. The highest BCUT2D eigenvalue weighted by atomic mass is 79.9. The first-order chi connectivity index (χ1) is 8.69. The summed E-state index contributed by atoms with van der Waals surface area (Å²) in [5, 5.41) is 2.53. The van der Waals surface area contributed by atoms with Crippen molar-refractivity contribution in [1.82, 2.24) is 5.32 Å². The van der Waals surface area contributed by atoms with Crippen LogP contribution in [0, 0.1) is 0 Å². The van der Waals surface area contributed by atoms with E-state index in [9.17, 15) is 9.59 Å². The highest BCUT2D eigenvalue weighted by molar-refractivity contribution is 9.10. The number of halogens is 1. The molecule has 0 aliphatic rings. The van der Waals surface area contributed by atoms with Gasteiger partial charge in [-0.15, -0.1) is 0 Å². The van der Waals surface area contributed by atoms with E-state index >= 15 is 0 Å². The van der Waals surface area contributed by atoms with Crippen LogP contribution in [-0.4, -0.2) is 23.5 Å². The second-order valence-electron chi connectivity index (χ2n) is 5.24. The van der Waals surface area contributed by atoms with E-state index in [1.165, 1.54) is 0 Å². The average Bonchev–Trinajstić information content (AvgIpc) is 2.25. The molecule has 1 N–H and O–H groups in total. The molecule has 0 aromatic heterocycles. The van der Waals surface area contributed by atoms with Crippen LogP contribution in [0.1, 0.15) is 38.1 Å². The van der Waals surface area contributed by atoms with Crippen molar-refractivity contribution in [1.29, 1.82) is 0 Å². The molecular formula is C14H18BrNO3. The minimum atomic E-state index is -0.635. The Morgan fingerprint density at radius 2 is 1.95 bits per heavy atom. The zero-order chi connectivity index (χ0) is 14.6. The van der Waals surface area contributed by atoms with Gasteiger partial charge in [0, 0.05) is 10.0 Å². The number of amides is 1. The van der Waals surface area contributed by atoms with Crippen LogP contribution in [0.4, 0.5) is 4.79 Å². The first-order valence-corrected chi connectivity index (χ1v) is 6.77. The number of ether oxygens (including phenoxy) is 1. The molecule has 0 spiro atoms. The molecule has 0 bridgehead atoms. The maximum absolute atomic E-state index is 12.1. The van der Waals surface area contributed by atoms with Gasteiger partial charge in [-0.1, -0.05) is 28.1 Å². The number of alkyl carbamates (subject to hydrolysis) is 1. The van der Waals surface area contributed by atoms with Gasteiger partial charge in [-0.3, -0.25) is 4.79 Å². The van der Waals surface area contributed by atoms with E-state index in [2.05, 4.69) is 21.2 Å². The predicted molar refractivity (Wildman–Crippen MR) is 77.3 cm³/mol. The number of carbonyl (C=O) groups is 2. The van der Waals surface area contributed by atoms with Gasteiger partial charge in [0.25, 0.3) is 0 Å². The molecular weight excluding hydrogens is 310 g/mol. The SMILES string of the molecule is C[C@H](NC(=O)OC(C)(C)C)C(=O)c1cccc(Br)c1. The Kier molecular flexibility index (Phi) is 5.11. The van der Waals surface area contributed by atoms with Crippen molar-refractivity contribution in [3.05, 3.63) is 34.3 Å². The second kappa shape index (κ2) is 6.19.